The molecule has 0 aliphatic heterocycles. The van der Waals surface area contributed by atoms with Gasteiger partial charge in [0.05, 0.1) is 4.90 Å². The highest BCUT2D eigenvalue weighted by Crippen LogP contribution is 2.14. The molecular formula is C13H17F2NO4S. The fourth-order valence-electron chi connectivity index (χ4n) is 1.68. The average molecular weight is 321 g/mol. The quantitative estimate of drug-likeness (QED) is 0.768. The summed E-state index contributed by atoms with van der Waals surface area (Å²) in [6.07, 6.45) is 0.926. The van der Waals surface area contributed by atoms with E-state index >= 15 is 0 Å². The van der Waals surface area contributed by atoms with Crippen LogP contribution in [0.1, 0.15) is 26.2 Å². The lowest BCUT2D eigenvalue weighted by Crippen LogP contribution is -2.26. The number of hydrogen-bond donors (Lipinski definition) is 2. The van der Waals surface area contributed by atoms with Crippen molar-refractivity contribution in [2.45, 2.75) is 31.1 Å². The van der Waals surface area contributed by atoms with Gasteiger partial charge in [0.15, 0.2) is 11.6 Å². The van der Waals surface area contributed by atoms with E-state index < -0.39 is 27.6 Å². The summed E-state index contributed by atoms with van der Waals surface area (Å²) in [7, 11) is -3.90. The molecule has 21 heavy (non-hydrogen) atoms. The Balaban J connectivity index is 2.53. The molecule has 118 valence electrons. The van der Waals surface area contributed by atoms with Crippen molar-refractivity contribution in [3.63, 3.8) is 0 Å². The third kappa shape index (κ3) is 5.76. The third-order valence-corrected chi connectivity index (χ3v) is 4.44. The summed E-state index contributed by atoms with van der Waals surface area (Å²) in [4.78, 5) is 10.1. The molecule has 0 saturated carbocycles. The minimum absolute atomic E-state index is 0.0249. The summed E-state index contributed by atoms with van der Waals surface area (Å²) in [5, 5.41) is 8.54. The van der Waals surface area contributed by atoms with Crippen molar-refractivity contribution in [3.05, 3.63) is 29.8 Å². The molecule has 2 N–H and O–H groups in total. The molecule has 0 aliphatic rings. The van der Waals surface area contributed by atoms with Gasteiger partial charge in [0, 0.05) is 13.0 Å². The predicted octanol–water partition coefficient (Wildman–Crippen LogP) is 2.13. The minimum Gasteiger partial charge on any atom is -0.481 e. The maximum atomic E-state index is 13.0. The number of carbonyl (C=O) groups is 1. The van der Waals surface area contributed by atoms with Crippen LogP contribution in [0.15, 0.2) is 23.1 Å². The Morgan fingerprint density at radius 2 is 1.95 bits per heavy atom. The molecule has 0 spiro atoms. The second-order valence-corrected chi connectivity index (χ2v) is 6.57. The van der Waals surface area contributed by atoms with Crippen molar-refractivity contribution in [2.75, 3.05) is 6.54 Å². The summed E-state index contributed by atoms with van der Waals surface area (Å²) in [5.41, 5.74) is 0. The van der Waals surface area contributed by atoms with Crippen LogP contribution < -0.4 is 4.72 Å². The molecule has 0 fully saturated rings. The first-order chi connectivity index (χ1) is 9.72. The Labute approximate surface area is 122 Å². The molecule has 0 aromatic heterocycles. The van der Waals surface area contributed by atoms with E-state index in [2.05, 4.69) is 4.72 Å². The van der Waals surface area contributed by atoms with E-state index in [1.807, 2.05) is 6.92 Å². The number of benzene rings is 1. The lowest BCUT2D eigenvalue weighted by molar-refractivity contribution is -0.137. The van der Waals surface area contributed by atoms with Gasteiger partial charge in [0.1, 0.15) is 0 Å². The van der Waals surface area contributed by atoms with Crippen molar-refractivity contribution in [2.24, 2.45) is 5.92 Å². The molecule has 0 heterocycles. The number of aliphatic carboxylic acids is 1. The van der Waals surface area contributed by atoms with Gasteiger partial charge >= 0.3 is 5.97 Å². The smallest absolute Gasteiger partial charge is 0.303 e. The second-order valence-electron chi connectivity index (χ2n) is 4.80. The van der Waals surface area contributed by atoms with Crippen LogP contribution in [-0.2, 0) is 14.8 Å². The first-order valence-corrected chi connectivity index (χ1v) is 7.87. The molecule has 0 amide bonds. The summed E-state index contributed by atoms with van der Waals surface area (Å²) in [6.45, 7) is 1.91. The minimum atomic E-state index is -3.90. The van der Waals surface area contributed by atoms with E-state index in [0.29, 0.717) is 18.9 Å². The van der Waals surface area contributed by atoms with Crippen molar-refractivity contribution in [3.8, 4) is 0 Å². The maximum absolute atomic E-state index is 13.0. The number of nitrogens with one attached hydrogen (secondary N) is 1. The van der Waals surface area contributed by atoms with Gasteiger partial charge in [0.2, 0.25) is 10.0 Å². The molecule has 0 aliphatic carbocycles. The van der Waals surface area contributed by atoms with Crippen molar-refractivity contribution < 1.29 is 27.1 Å². The summed E-state index contributed by atoms with van der Waals surface area (Å²) >= 11 is 0. The van der Waals surface area contributed by atoms with Crippen molar-refractivity contribution in [1.82, 2.24) is 4.72 Å². The molecule has 1 rings (SSSR count). The Bertz CT molecular complexity index is 604. The topological polar surface area (TPSA) is 83.5 Å². The Morgan fingerprint density at radius 3 is 2.52 bits per heavy atom. The lowest BCUT2D eigenvalue weighted by atomic mass is 10.0. The highest BCUT2D eigenvalue weighted by molar-refractivity contribution is 7.89. The van der Waals surface area contributed by atoms with Crippen LogP contribution in [0.25, 0.3) is 0 Å². The van der Waals surface area contributed by atoms with Gasteiger partial charge in [-0.1, -0.05) is 6.92 Å². The van der Waals surface area contributed by atoms with Crippen LogP contribution in [0.3, 0.4) is 0 Å². The first-order valence-electron chi connectivity index (χ1n) is 6.39. The van der Waals surface area contributed by atoms with E-state index in [1.54, 1.807) is 0 Å². The van der Waals surface area contributed by atoms with Crippen LogP contribution in [0, 0.1) is 17.6 Å². The summed E-state index contributed by atoms with van der Waals surface area (Å²) in [5.74, 6) is -3.21. The molecule has 0 bridgehead atoms. The maximum Gasteiger partial charge on any atom is 0.303 e. The van der Waals surface area contributed by atoms with E-state index in [-0.39, 0.29) is 23.8 Å². The number of carboxylic acid groups (broad SMARTS) is 1. The first kappa shape index (κ1) is 17.5. The van der Waals surface area contributed by atoms with E-state index in [4.69, 9.17) is 5.11 Å². The third-order valence-electron chi connectivity index (χ3n) is 2.98. The van der Waals surface area contributed by atoms with Gasteiger partial charge in [-0.25, -0.2) is 21.9 Å². The molecule has 1 unspecified atom stereocenters. The van der Waals surface area contributed by atoms with Gasteiger partial charge in [-0.2, -0.15) is 0 Å². The molecule has 1 aromatic rings. The number of halogens is 2. The number of carboxylic acids is 1. The predicted molar refractivity (Wildman–Crippen MR) is 72.2 cm³/mol. The van der Waals surface area contributed by atoms with E-state index in [0.717, 1.165) is 12.1 Å². The van der Waals surface area contributed by atoms with E-state index in [9.17, 15) is 22.0 Å². The molecular weight excluding hydrogens is 304 g/mol. The van der Waals surface area contributed by atoms with Crippen molar-refractivity contribution in [1.29, 1.82) is 0 Å². The van der Waals surface area contributed by atoms with Gasteiger partial charge in [0.25, 0.3) is 0 Å². The lowest BCUT2D eigenvalue weighted by Gasteiger charge is -2.11. The Morgan fingerprint density at radius 1 is 1.29 bits per heavy atom. The number of rotatable bonds is 8. The largest absolute Gasteiger partial charge is 0.481 e. The van der Waals surface area contributed by atoms with E-state index in [1.165, 1.54) is 0 Å². The van der Waals surface area contributed by atoms with Gasteiger partial charge in [-0.3, -0.25) is 4.79 Å². The molecule has 0 saturated heterocycles. The second kappa shape index (κ2) is 7.46. The monoisotopic (exact) mass is 321 g/mol. The zero-order chi connectivity index (χ0) is 16.0. The number of sulfonamides is 1. The normalized spacial score (nSPS) is 13.1. The zero-order valence-corrected chi connectivity index (χ0v) is 12.3. The van der Waals surface area contributed by atoms with Gasteiger partial charge in [-0.15, -0.1) is 0 Å². The SMILES string of the molecule is CC(CCNS(=O)(=O)c1ccc(F)c(F)c1)CCC(=O)O. The van der Waals surface area contributed by atoms with Crippen molar-refractivity contribution >= 4 is 16.0 Å². The van der Waals surface area contributed by atoms with Crippen LogP contribution in [-0.4, -0.2) is 26.0 Å². The Hall–Kier alpha value is -1.54. The number of hydrogen-bond acceptors (Lipinski definition) is 3. The highest BCUT2D eigenvalue weighted by Gasteiger charge is 2.16. The fraction of sp³-hybridized carbons (Fsp3) is 0.462. The standard InChI is InChI=1S/C13H17F2NO4S/c1-9(2-5-13(17)18)6-7-16-21(19,20)10-3-4-11(14)12(15)8-10/h3-4,8-9,16H,2,5-7H2,1H3,(H,17,18). The molecule has 1 aromatic carbocycles. The van der Waals surface area contributed by atoms with Crippen LogP contribution in [0.4, 0.5) is 8.78 Å². The average Bonchev–Trinajstić information content (AvgIpc) is 2.39. The van der Waals surface area contributed by atoms with Crippen LogP contribution in [0.5, 0.6) is 0 Å². The molecule has 5 nitrogen and oxygen atoms in total. The molecule has 1 atom stereocenters. The van der Waals surface area contributed by atoms with Crippen LogP contribution in [0.2, 0.25) is 0 Å². The fourth-order valence-corrected chi connectivity index (χ4v) is 2.74. The van der Waals surface area contributed by atoms with Gasteiger partial charge in [-0.05, 0) is 37.0 Å². The zero-order valence-electron chi connectivity index (χ0n) is 11.5. The summed E-state index contributed by atoms with van der Waals surface area (Å²) in [6, 6.07) is 2.35. The Kier molecular flexibility index (Phi) is 6.22. The van der Waals surface area contributed by atoms with Gasteiger partial charge < -0.3 is 5.11 Å². The summed E-state index contributed by atoms with van der Waals surface area (Å²) < 4.78 is 51.7. The van der Waals surface area contributed by atoms with Crippen LogP contribution >= 0.6 is 0 Å². The highest BCUT2D eigenvalue weighted by atomic mass is 32.2. The molecule has 0 radical (unpaired) electrons. The molecule has 8 heteroatoms.